The summed E-state index contributed by atoms with van der Waals surface area (Å²) in [4.78, 5) is 8.89. The van der Waals surface area contributed by atoms with Gasteiger partial charge in [0, 0.05) is 35.8 Å². The maximum Gasteiger partial charge on any atom is 0.128 e. The molecule has 2 aromatic heterocycles. The van der Waals surface area contributed by atoms with Crippen molar-refractivity contribution in [2.24, 2.45) is 0 Å². The first-order chi connectivity index (χ1) is 9.11. The molecule has 0 aliphatic carbocycles. The van der Waals surface area contributed by atoms with Crippen LogP contribution in [0.4, 0.5) is 0 Å². The van der Waals surface area contributed by atoms with Gasteiger partial charge in [-0.15, -0.1) is 11.3 Å². The minimum atomic E-state index is 0.721. The second-order valence-electron chi connectivity index (χ2n) is 4.51. The highest BCUT2D eigenvalue weighted by molar-refractivity contribution is 7.09. The monoisotopic (exact) mass is 277 g/mol. The second kappa shape index (κ2) is 6.12. The molecule has 2 rings (SSSR count). The molecule has 2 heterocycles. The number of hydrogen-bond donors (Lipinski definition) is 1. The molecule has 1 N–H and O–H groups in total. The van der Waals surface area contributed by atoms with E-state index in [1.54, 1.807) is 18.4 Å². The Morgan fingerprint density at radius 3 is 2.68 bits per heavy atom. The van der Waals surface area contributed by atoms with Gasteiger partial charge >= 0.3 is 0 Å². The number of pyridine rings is 1. The fourth-order valence-corrected chi connectivity index (χ4v) is 2.66. The second-order valence-corrected chi connectivity index (χ2v) is 5.57. The van der Waals surface area contributed by atoms with Crippen LogP contribution in [-0.2, 0) is 13.1 Å². The summed E-state index contributed by atoms with van der Waals surface area (Å²) in [5, 5.41) is 6.55. The van der Waals surface area contributed by atoms with Gasteiger partial charge in [-0.2, -0.15) is 0 Å². The molecule has 0 unspecified atom stereocenters. The van der Waals surface area contributed by atoms with Gasteiger partial charge in [0.1, 0.15) is 5.75 Å². The number of aromatic nitrogens is 2. The van der Waals surface area contributed by atoms with Crippen LogP contribution in [0.15, 0.2) is 11.6 Å². The zero-order chi connectivity index (χ0) is 13.8. The SMILES string of the molecule is COc1c(C)cnc(CNCc2csc(C)n2)c1C. The van der Waals surface area contributed by atoms with Gasteiger partial charge < -0.3 is 10.1 Å². The van der Waals surface area contributed by atoms with Crippen molar-refractivity contribution >= 4 is 11.3 Å². The maximum absolute atomic E-state index is 5.41. The van der Waals surface area contributed by atoms with Crippen molar-refractivity contribution in [3.05, 3.63) is 39.1 Å². The highest BCUT2D eigenvalue weighted by atomic mass is 32.1. The molecule has 19 heavy (non-hydrogen) atoms. The van der Waals surface area contributed by atoms with Crippen molar-refractivity contribution in [2.75, 3.05) is 7.11 Å². The molecule has 0 atom stereocenters. The number of rotatable bonds is 5. The van der Waals surface area contributed by atoms with Crippen molar-refractivity contribution < 1.29 is 4.74 Å². The summed E-state index contributed by atoms with van der Waals surface area (Å²) in [5.41, 5.74) is 4.27. The van der Waals surface area contributed by atoms with Crippen molar-refractivity contribution in [1.29, 1.82) is 0 Å². The third kappa shape index (κ3) is 3.30. The molecular formula is C14H19N3OS. The molecule has 0 amide bonds. The van der Waals surface area contributed by atoms with E-state index < -0.39 is 0 Å². The van der Waals surface area contributed by atoms with E-state index in [9.17, 15) is 0 Å². The molecule has 0 spiro atoms. The molecule has 0 saturated carbocycles. The van der Waals surface area contributed by atoms with E-state index in [1.165, 1.54) is 0 Å². The van der Waals surface area contributed by atoms with E-state index in [4.69, 9.17) is 4.74 Å². The average Bonchev–Trinajstić information content (AvgIpc) is 2.79. The van der Waals surface area contributed by atoms with Crippen LogP contribution in [0.1, 0.15) is 27.5 Å². The third-order valence-corrected chi connectivity index (χ3v) is 3.84. The lowest BCUT2D eigenvalue weighted by atomic mass is 10.1. The van der Waals surface area contributed by atoms with E-state index in [-0.39, 0.29) is 0 Å². The number of ether oxygens (including phenoxy) is 1. The Kier molecular flexibility index (Phi) is 4.50. The lowest BCUT2D eigenvalue weighted by molar-refractivity contribution is 0.406. The van der Waals surface area contributed by atoms with E-state index in [1.807, 2.05) is 27.0 Å². The van der Waals surface area contributed by atoms with Crippen LogP contribution in [0.5, 0.6) is 5.75 Å². The first kappa shape index (κ1) is 14.0. The Morgan fingerprint density at radius 2 is 2.05 bits per heavy atom. The van der Waals surface area contributed by atoms with Crippen LogP contribution in [-0.4, -0.2) is 17.1 Å². The lowest BCUT2D eigenvalue weighted by Gasteiger charge is -2.12. The summed E-state index contributed by atoms with van der Waals surface area (Å²) >= 11 is 1.68. The molecule has 0 fully saturated rings. The number of methoxy groups -OCH3 is 1. The minimum Gasteiger partial charge on any atom is -0.496 e. The Morgan fingerprint density at radius 1 is 1.26 bits per heavy atom. The standard InChI is InChI=1S/C14H19N3OS/c1-9-5-16-13(10(2)14(9)18-4)7-15-6-12-8-19-11(3)17-12/h5,8,15H,6-7H2,1-4H3. The van der Waals surface area contributed by atoms with Crippen molar-refractivity contribution in [2.45, 2.75) is 33.9 Å². The van der Waals surface area contributed by atoms with E-state index in [0.717, 1.165) is 46.4 Å². The molecule has 102 valence electrons. The van der Waals surface area contributed by atoms with Gasteiger partial charge in [0.05, 0.1) is 23.5 Å². The van der Waals surface area contributed by atoms with Gasteiger partial charge in [-0.1, -0.05) is 0 Å². The molecule has 0 aromatic carbocycles. The van der Waals surface area contributed by atoms with Crippen LogP contribution in [0.25, 0.3) is 0 Å². The van der Waals surface area contributed by atoms with Crippen LogP contribution in [0, 0.1) is 20.8 Å². The topological polar surface area (TPSA) is 47.0 Å². The van der Waals surface area contributed by atoms with Crippen LogP contribution in [0.3, 0.4) is 0 Å². The largest absolute Gasteiger partial charge is 0.496 e. The fraction of sp³-hybridized carbons (Fsp3) is 0.429. The molecule has 0 radical (unpaired) electrons. The quantitative estimate of drug-likeness (QED) is 0.913. The van der Waals surface area contributed by atoms with Gasteiger partial charge in [0.2, 0.25) is 0 Å². The lowest BCUT2D eigenvalue weighted by Crippen LogP contribution is -2.15. The first-order valence-electron chi connectivity index (χ1n) is 6.22. The van der Waals surface area contributed by atoms with Crippen LogP contribution < -0.4 is 10.1 Å². The third-order valence-electron chi connectivity index (χ3n) is 3.01. The van der Waals surface area contributed by atoms with Gasteiger partial charge in [0.15, 0.2) is 0 Å². The normalized spacial score (nSPS) is 10.7. The van der Waals surface area contributed by atoms with Gasteiger partial charge in [-0.25, -0.2) is 4.98 Å². The Balaban J connectivity index is 2.00. The van der Waals surface area contributed by atoms with Gasteiger partial charge in [-0.3, -0.25) is 4.98 Å². The predicted octanol–water partition coefficient (Wildman–Crippen LogP) is 2.76. The Labute approximate surface area is 117 Å². The minimum absolute atomic E-state index is 0.721. The maximum atomic E-state index is 5.41. The van der Waals surface area contributed by atoms with E-state index in [0.29, 0.717) is 0 Å². The Hall–Kier alpha value is -1.46. The van der Waals surface area contributed by atoms with Gasteiger partial charge in [0.25, 0.3) is 0 Å². The summed E-state index contributed by atoms with van der Waals surface area (Å²) in [6, 6.07) is 0. The summed E-state index contributed by atoms with van der Waals surface area (Å²) in [7, 11) is 1.70. The van der Waals surface area contributed by atoms with E-state index >= 15 is 0 Å². The van der Waals surface area contributed by atoms with Crippen molar-refractivity contribution in [1.82, 2.24) is 15.3 Å². The summed E-state index contributed by atoms with van der Waals surface area (Å²) in [5.74, 6) is 0.927. The summed E-state index contributed by atoms with van der Waals surface area (Å²) in [6.07, 6.45) is 1.86. The summed E-state index contributed by atoms with van der Waals surface area (Å²) < 4.78 is 5.41. The first-order valence-corrected chi connectivity index (χ1v) is 7.10. The smallest absolute Gasteiger partial charge is 0.128 e. The number of aryl methyl sites for hydroxylation is 2. The van der Waals surface area contributed by atoms with Crippen molar-refractivity contribution in [3.8, 4) is 5.75 Å². The predicted molar refractivity (Wildman–Crippen MR) is 77.7 cm³/mol. The van der Waals surface area contributed by atoms with Gasteiger partial charge in [-0.05, 0) is 20.8 Å². The molecule has 0 aliphatic heterocycles. The molecule has 0 aliphatic rings. The Bertz CT molecular complexity index is 566. The fourth-order valence-electron chi connectivity index (χ4n) is 2.05. The highest BCUT2D eigenvalue weighted by Crippen LogP contribution is 2.23. The molecule has 0 bridgehead atoms. The number of hydrogen-bond acceptors (Lipinski definition) is 5. The molecular weight excluding hydrogens is 258 g/mol. The zero-order valence-corrected chi connectivity index (χ0v) is 12.6. The molecule has 0 saturated heterocycles. The van der Waals surface area contributed by atoms with Crippen LogP contribution >= 0.6 is 11.3 Å². The van der Waals surface area contributed by atoms with Crippen molar-refractivity contribution in [3.63, 3.8) is 0 Å². The molecule has 5 heteroatoms. The highest BCUT2D eigenvalue weighted by Gasteiger charge is 2.09. The summed E-state index contributed by atoms with van der Waals surface area (Å²) in [6.45, 7) is 7.56. The average molecular weight is 277 g/mol. The molecule has 2 aromatic rings. The number of thiazole rings is 1. The molecule has 4 nitrogen and oxygen atoms in total. The van der Waals surface area contributed by atoms with E-state index in [2.05, 4.69) is 20.7 Å². The number of nitrogens with one attached hydrogen (secondary N) is 1. The zero-order valence-electron chi connectivity index (χ0n) is 11.8. The number of nitrogens with zero attached hydrogens (tertiary/aromatic N) is 2. The van der Waals surface area contributed by atoms with Crippen LogP contribution in [0.2, 0.25) is 0 Å².